The van der Waals surface area contributed by atoms with Crippen LogP contribution in [0.5, 0.6) is 0 Å². The van der Waals surface area contributed by atoms with E-state index in [1.807, 2.05) is 0 Å². The molecule has 2 aromatic rings. The fourth-order valence-corrected chi connectivity index (χ4v) is 2.52. The Morgan fingerprint density at radius 1 is 1.30 bits per heavy atom. The summed E-state index contributed by atoms with van der Waals surface area (Å²) in [5, 5.41) is 9.28. The third-order valence-corrected chi connectivity index (χ3v) is 3.67. The van der Waals surface area contributed by atoms with Crippen LogP contribution in [0.2, 0.25) is 0 Å². The minimum atomic E-state index is -4.41. The van der Waals surface area contributed by atoms with Crippen LogP contribution in [0.25, 0.3) is 10.6 Å². The first-order valence-corrected chi connectivity index (χ1v) is 6.25. The van der Waals surface area contributed by atoms with Crippen molar-refractivity contribution in [2.45, 2.75) is 12.7 Å². The van der Waals surface area contributed by atoms with Crippen molar-refractivity contribution in [3.05, 3.63) is 40.4 Å². The van der Waals surface area contributed by atoms with Gasteiger partial charge in [-0.1, -0.05) is 12.1 Å². The van der Waals surface area contributed by atoms with E-state index in [1.165, 1.54) is 12.1 Å². The van der Waals surface area contributed by atoms with Crippen LogP contribution < -0.4 is 5.73 Å². The number of carboxylic acids is 1. The Kier molecular flexibility index (Phi) is 3.78. The third kappa shape index (κ3) is 2.81. The van der Waals surface area contributed by atoms with Gasteiger partial charge < -0.3 is 10.8 Å². The van der Waals surface area contributed by atoms with Gasteiger partial charge in [0.25, 0.3) is 0 Å². The van der Waals surface area contributed by atoms with Crippen LogP contribution in [0.3, 0.4) is 0 Å². The molecular weight excluding hydrogens is 293 g/mol. The van der Waals surface area contributed by atoms with Gasteiger partial charge >= 0.3 is 12.1 Å². The second kappa shape index (κ2) is 5.22. The molecule has 0 spiro atoms. The van der Waals surface area contributed by atoms with Gasteiger partial charge in [-0.3, -0.25) is 0 Å². The minimum Gasteiger partial charge on any atom is -0.476 e. The maximum Gasteiger partial charge on any atom is 0.416 e. The van der Waals surface area contributed by atoms with Crippen molar-refractivity contribution in [1.82, 2.24) is 4.98 Å². The fraction of sp³-hybridized carbons (Fsp3) is 0.167. The molecule has 106 valence electrons. The first kappa shape index (κ1) is 14.5. The highest BCUT2D eigenvalue weighted by molar-refractivity contribution is 7.15. The quantitative estimate of drug-likeness (QED) is 0.914. The van der Waals surface area contributed by atoms with Crippen molar-refractivity contribution in [2.24, 2.45) is 5.73 Å². The van der Waals surface area contributed by atoms with E-state index in [0.29, 0.717) is 15.4 Å². The Bertz CT molecular complexity index is 635. The van der Waals surface area contributed by atoms with E-state index in [9.17, 15) is 18.0 Å². The Labute approximate surface area is 115 Å². The molecule has 2 rings (SSSR count). The molecule has 0 atom stereocenters. The van der Waals surface area contributed by atoms with Crippen molar-refractivity contribution in [3.63, 3.8) is 0 Å². The van der Waals surface area contributed by atoms with Gasteiger partial charge in [-0.2, -0.15) is 13.2 Å². The van der Waals surface area contributed by atoms with Crippen molar-refractivity contribution >= 4 is 17.3 Å². The van der Waals surface area contributed by atoms with Crippen LogP contribution in [0, 0.1) is 0 Å². The predicted octanol–water partition coefficient (Wildman–Crippen LogP) is 2.99. The highest BCUT2D eigenvalue weighted by Gasteiger charge is 2.30. The number of aromatic nitrogens is 1. The van der Waals surface area contributed by atoms with Crippen molar-refractivity contribution in [2.75, 3.05) is 0 Å². The molecule has 0 radical (unpaired) electrons. The molecule has 0 fully saturated rings. The van der Waals surface area contributed by atoms with Crippen molar-refractivity contribution < 1.29 is 23.1 Å². The molecule has 20 heavy (non-hydrogen) atoms. The number of rotatable bonds is 3. The van der Waals surface area contributed by atoms with Gasteiger partial charge in [0.15, 0.2) is 5.69 Å². The summed E-state index contributed by atoms with van der Waals surface area (Å²) in [6.45, 7) is 0.0138. The molecule has 8 heteroatoms. The summed E-state index contributed by atoms with van der Waals surface area (Å²) in [5.74, 6) is -1.21. The first-order chi connectivity index (χ1) is 9.32. The van der Waals surface area contributed by atoms with Crippen molar-refractivity contribution in [3.8, 4) is 10.6 Å². The van der Waals surface area contributed by atoms with E-state index in [4.69, 9.17) is 10.8 Å². The second-order valence-corrected chi connectivity index (χ2v) is 4.96. The van der Waals surface area contributed by atoms with E-state index in [1.54, 1.807) is 0 Å². The maximum absolute atomic E-state index is 12.4. The SMILES string of the molecule is NCc1sc(-c2ccc(C(F)(F)F)cc2)nc1C(=O)O. The van der Waals surface area contributed by atoms with Crippen LogP contribution in [0.1, 0.15) is 20.9 Å². The zero-order chi connectivity index (χ0) is 14.9. The summed E-state index contributed by atoms with van der Waals surface area (Å²) in [4.78, 5) is 15.2. The number of carboxylic acid groups (broad SMARTS) is 1. The molecule has 1 aromatic carbocycles. The van der Waals surface area contributed by atoms with Crippen LogP contribution in [0.4, 0.5) is 13.2 Å². The third-order valence-electron chi connectivity index (χ3n) is 2.54. The molecule has 3 N–H and O–H groups in total. The second-order valence-electron chi connectivity index (χ2n) is 3.88. The standard InChI is InChI=1S/C12H9F3N2O2S/c13-12(14,15)7-3-1-6(2-4-7)10-17-9(11(18)19)8(5-16)20-10/h1-4H,5,16H2,(H,18,19). The molecule has 0 saturated heterocycles. The number of hydrogen-bond donors (Lipinski definition) is 2. The molecule has 0 aliphatic carbocycles. The van der Waals surface area contributed by atoms with Crippen LogP contribution in [-0.4, -0.2) is 16.1 Å². The van der Waals surface area contributed by atoms with Crippen LogP contribution in [-0.2, 0) is 12.7 Å². The maximum atomic E-state index is 12.4. The summed E-state index contributed by atoms with van der Waals surface area (Å²) in [5.41, 5.74) is 4.91. The van der Waals surface area contributed by atoms with Gasteiger partial charge in [0.05, 0.1) is 10.4 Å². The zero-order valence-corrected chi connectivity index (χ0v) is 10.8. The number of aromatic carboxylic acids is 1. The molecule has 0 saturated carbocycles. The highest BCUT2D eigenvalue weighted by atomic mass is 32.1. The predicted molar refractivity (Wildman–Crippen MR) is 67.4 cm³/mol. The fourth-order valence-electron chi connectivity index (χ4n) is 1.58. The number of halogens is 3. The number of alkyl halides is 3. The number of hydrogen-bond acceptors (Lipinski definition) is 4. The van der Waals surface area contributed by atoms with E-state index in [2.05, 4.69) is 4.98 Å². The smallest absolute Gasteiger partial charge is 0.416 e. The lowest BCUT2D eigenvalue weighted by Gasteiger charge is -2.06. The summed E-state index contributed by atoms with van der Waals surface area (Å²) in [6, 6.07) is 4.37. The van der Waals surface area contributed by atoms with Crippen LogP contribution in [0.15, 0.2) is 24.3 Å². The Morgan fingerprint density at radius 2 is 1.90 bits per heavy atom. The minimum absolute atomic E-state index is 0.0138. The Balaban J connectivity index is 2.39. The van der Waals surface area contributed by atoms with E-state index >= 15 is 0 Å². The number of nitrogens with two attached hydrogens (primary N) is 1. The zero-order valence-electron chi connectivity index (χ0n) is 9.94. The van der Waals surface area contributed by atoms with Gasteiger partial charge in [-0.05, 0) is 12.1 Å². The summed E-state index contributed by atoms with van der Waals surface area (Å²) in [6.07, 6.45) is -4.41. The molecule has 0 unspecified atom stereocenters. The molecule has 0 aliphatic rings. The normalized spacial score (nSPS) is 11.6. The van der Waals surface area contributed by atoms with Gasteiger partial charge in [0.2, 0.25) is 0 Å². The van der Waals surface area contributed by atoms with Crippen molar-refractivity contribution in [1.29, 1.82) is 0 Å². The molecule has 0 amide bonds. The molecule has 1 aromatic heterocycles. The Hall–Kier alpha value is -1.93. The highest BCUT2D eigenvalue weighted by Crippen LogP contribution is 2.32. The number of nitrogens with zero attached hydrogens (tertiary/aromatic N) is 1. The lowest BCUT2D eigenvalue weighted by Crippen LogP contribution is -2.04. The van der Waals surface area contributed by atoms with Gasteiger partial charge in [-0.15, -0.1) is 11.3 Å². The van der Waals surface area contributed by atoms with Gasteiger partial charge in [0.1, 0.15) is 5.01 Å². The largest absolute Gasteiger partial charge is 0.476 e. The van der Waals surface area contributed by atoms with Crippen LogP contribution >= 0.6 is 11.3 Å². The van der Waals surface area contributed by atoms with E-state index < -0.39 is 17.7 Å². The summed E-state index contributed by atoms with van der Waals surface area (Å²) >= 11 is 1.06. The van der Waals surface area contributed by atoms with Gasteiger partial charge in [-0.25, -0.2) is 9.78 Å². The number of carbonyl (C=O) groups is 1. The van der Waals surface area contributed by atoms with Gasteiger partial charge in [0, 0.05) is 12.1 Å². The lowest BCUT2D eigenvalue weighted by molar-refractivity contribution is -0.137. The Morgan fingerprint density at radius 3 is 2.30 bits per heavy atom. The average molecular weight is 302 g/mol. The topological polar surface area (TPSA) is 76.2 Å². The summed E-state index contributed by atoms with van der Waals surface area (Å²) in [7, 11) is 0. The number of benzene rings is 1. The first-order valence-electron chi connectivity index (χ1n) is 5.43. The number of thiazole rings is 1. The molecule has 0 aliphatic heterocycles. The average Bonchev–Trinajstić information content (AvgIpc) is 2.82. The molecule has 0 bridgehead atoms. The summed E-state index contributed by atoms with van der Waals surface area (Å²) < 4.78 is 37.3. The van der Waals surface area contributed by atoms with E-state index in [-0.39, 0.29) is 12.2 Å². The molecule has 1 heterocycles. The monoisotopic (exact) mass is 302 g/mol. The van der Waals surface area contributed by atoms with E-state index in [0.717, 1.165) is 23.5 Å². The molecular formula is C12H9F3N2O2S. The molecule has 4 nitrogen and oxygen atoms in total. The lowest BCUT2D eigenvalue weighted by atomic mass is 10.1.